The van der Waals surface area contributed by atoms with Gasteiger partial charge in [-0.1, -0.05) is 12.8 Å². The van der Waals surface area contributed by atoms with Crippen molar-refractivity contribution in [1.82, 2.24) is 9.78 Å². The summed E-state index contributed by atoms with van der Waals surface area (Å²) in [6, 6.07) is 2.63. The molecule has 0 radical (unpaired) electrons. The molecule has 0 unspecified atom stereocenters. The summed E-state index contributed by atoms with van der Waals surface area (Å²) in [7, 11) is 1.85. The number of hydrogen-bond acceptors (Lipinski definition) is 4. The molecule has 1 heterocycles. The second kappa shape index (κ2) is 4.76. The van der Waals surface area contributed by atoms with E-state index in [9.17, 15) is 0 Å². The zero-order valence-corrected chi connectivity index (χ0v) is 10.4. The lowest BCUT2D eigenvalue weighted by Crippen LogP contribution is -2.43. The van der Waals surface area contributed by atoms with Crippen LogP contribution in [0.5, 0.6) is 0 Å². The van der Waals surface area contributed by atoms with Crippen molar-refractivity contribution in [3.63, 3.8) is 0 Å². The maximum Gasteiger partial charge on any atom is 0.142 e. The van der Waals surface area contributed by atoms with Crippen molar-refractivity contribution in [3.8, 4) is 6.07 Å². The van der Waals surface area contributed by atoms with Crippen molar-refractivity contribution in [2.75, 3.05) is 5.32 Å². The van der Waals surface area contributed by atoms with E-state index in [0.29, 0.717) is 5.56 Å². The van der Waals surface area contributed by atoms with Gasteiger partial charge in [0.2, 0.25) is 0 Å². The first-order valence-corrected chi connectivity index (χ1v) is 6.09. The molecule has 2 atom stereocenters. The predicted molar refractivity (Wildman–Crippen MR) is 66.5 cm³/mol. The minimum atomic E-state index is 0.172. The molecule has 0 aromatic carbocycles. The van der Waals surface area contributed by atoms with E-state index in [0.717, 1.165) is 24.4 Å². The number of aryl methyl sites for hydroxylation is 2. The third-order valence-corrected chi connectivity index (χ3v) is 3.48. The quantitative estimate of drug-likeness (QED) is 0.806. The van der Waals surface area contributed by atoms with E-state index >= 15 is 0 Å². The first-order valence-electron chi connectivity index (χ1n) is 6.09. The Morgan fingerprint density at radius 1 is 1.47 bits per heavy atom. The predicted octanol–water partition coefficient (Wildman–Crippen LogP) is 1.28. The lowest BCUT2D eigenvalue weighted by molar-refractivity contribution is 0.402. The first-order chi connectivity index (χ1) is 8.13. The van der Waals surface area contributed by atoms with Crippen LogP contribution in [0.25, 0.3) is 0 Å². The van der Waals surface area contributed by atoms with Crippen LogP contribution in [-0.4, -0.2) is 21.9 Å². The van der Waals surface area contributed by atoms with Crippen molar-refractivity contribution in [3.05, 3.63) is 11.3 Å². The van der Waals surface area contributed by atoms with E-state index in [2.05, 4.69) is 16.5 Å². The van der Waals surface area contributed by atoms with Crippen molar-refractivity contribution in [1.29, 1.82) is 5.26 Å². The Hall–Kier alpha value is -1.54. The van der Waals surface area contributed by atoms with E-state index in [-0.39, 0.29) is 12.1 Å². The van der Waals surface area contributed by atoms with E-state index in [1.807, 2.05) is 14.0 Å². The molecule has 0 saturated heterocycles. The summed E-state index contributed by atoms with van der Waals surface area (Å²) in [6.07, 6.45) is 4.52. The van der Waals surface area contributed by atoms with Gasteiger partial charge in [-0.15, -0.1) is 0 Å². The molecule has 17 heavy (non-hydrogen) atoms. The number of aromatic nitrogens is 2. The molecule has 1 aliphatic carbocycles. The summed E-state index contributed by atoms with van der Waals surface area (Å²) in [5.41, 5.74) is 7.50. The Morgan fingerprint density at radius 2 is 2.18 bits per heavy atom. The van der Waals surface area contributed by atoms with E-state index in [4.69, 9.17) is 11.0 Å². The maximum absolute atomic E-state index is 9.13. The zero-order chi connectivity index (χ0) is 12.4. The van der Waals surface area contributed by atoms with E-state index in [1.165, 1.54) is 12.8 Å². The number of nitriles is 1. The van der Waals surface area contributed by atoms with E-state index < -0.39 is 0 Å². The van der Waals surface area contributed by atoms with Crippen LogP contribution in [0, 0.1) is 18.3 Å². The van der Waals surface area contributed by atoms with Gasteiger partial charge in [-0.05, 0) is 19.8 Å². The lowest BCUT2D eigenvalue weighted by Gasteiger charge is -2.30. The minimum Gasteiger partial charge on any atom is -0.365 e. The lowest BCUT2D eigenvalue weighted by atomic mass is 9.91. The molecule has 0 bridgehead atoms. The van der Waals surface area contributed by atoms with Crippen LogP contribution in [0.1, 0.15) is 36.9 Å². The standard InChI is InChI=1S/C12H19N5/c1-8-9(7-13)12(17(2)16-8)15-11-6-4-3-5-10(11)14/h10-11,15H,3-6,14H2,1-2H3/t10-,11-/m1/s1. The smallest absolute Gasteiger partial charge is 0.142 e. The fourth-order valence-corrected chi connectivity index (χ4v) is 2.47. The van der Waals surface area contributed by atoms with Crippen molar-refractivity contribution < 1.29 is 0 Å². The molecule has 0 spiro atoms. The SMILES string of the molecule is Cc1nn(C)c(N[C@@H]2CCCC[C@H]2N)c1C#N. The molecule has 0 amide bonds. The van der Waals surface area contributed by atoms with Crippen LogP contribution >= 0.6 is 0 Å². The summed E-state index contributed by atoms with van der Waals surface area (Å²) in [5.74, 6) is 0.798. The highest BCUT2D eigenvalue weighted by molar-refractivity contribution is 5.55. The third-order valence-electron chi connectivity index (χ3n) is 3.48. The number of rotatable bonds is 2. The fraction of sp³-hybridized carbons (Fsp3) is 0.667. The largest absolute Gasteiger partial charge is 0.365 e. The molecule has 1 aromatic heterocycles. The number of anilines is 1. The van der Waals surface area contributed by atoms with Crippen molar-refractivity contribution in [2.24, 2.45) is 12.8 Å². The summed E-state index contributed by atoms with van der Waals surface area (Å²) in [5, 5.41) is 16.8. The van der Waals surface area contributed by atoms with Crippen LogP contribution in [-0.2, 0) is 7.05 Å². The van der Waals surface area contributed by atoms with Gasteiger partial charge in [0.1, 0.15) is 17.5 Å². The molecule has 5 nitrogen and oxygen atoms in total. The highest BCUT2D eigenvalue weighted by Crippen LogP contribution is 2.24. The number of nitrogens with zero attached hydrogens (tertiary/aromatic N) is 3. The van der Waals surface area contributed by atoms with E-state index in [1.54, 1.807) is 4.68 Å². The molecule has 5 heteroatoms. The molecule has 3 N–H and O–H groups in total. The van der Waals surface area contributed by atoms with Gasteiger partial charge in [-0.2, -0.15) is 10.4 Å². The van der Waals surface area contributed by atoms with Gasteiger partial charge < -0.3 is 11.1 Å². The molecule has 1 saturated carbocycles. The van der Waals surface area contributed by atoms with Crippen LogP contribution in [0.3, 0.4) is 0 Å². The average molecular weight is 233 g/mol. The number of nitrogens with two attached hydrogens (primary N) is 1. The highest BCUT2D eigenvalue weighted by atomic mass is 15.3. The van der Waals surface area contributed by atoms with Gasteiger partial charge in [-0.25, -0.2) is 0 Å². The Labute approximate surface area is 102 Å². The summed E-state index contributed by atoms with van der Waals surface area (Å²) in [4.78, 5) is 0. The van der Waals surface area contributed by atoms with Gasteiger partial charge in [0.25, 0.3) is 0 Å². The minimum absolute atomic E-state index is 0.172. The molecular formula is C12H19N5. The molecule has 2 rings (SSSR count). The Balaban J connectivity index is 2.21. The van der Waals surface area contributed by atoms with Gasteiger partial charge in [0, 0.05) is 19.1 Å². The molecule has 1 fully saturated rings. The van der Waals surface area contributed by atoms with Crippen LogP contribution in [0.15, 0.2) is 0 Å². The molecule has 1 aliphatic rings. The monoisotopic (exact) mass is 233 g/mol. The second-order valence-corrected chi connectivity index (χ2v) is 4.74. The summed E-state index contributed by atoms with van der Waals surface area (Å²) < 4.78 is 1.73. The van der Waals surface area contributed by atoms with Gasteiger partial charge in [0.15, 0.2) is 0 Å². The maximum atomic E-state index is 9.13. The zero-order valence-electron chi connectivity index (χ0n) is 10.4. The molecule has 92 valence electrons. The Bertz CT molecular complexity index is 442. The molecule has 1 aromatic rings. The average Bonchev–Trinajstić information content (AvgIpc) is 2.56. The van der Waals surface area contributed by atoms with Crippen molar-refractivity contribution in [2.45, 2.75) is 44.7 Å². The topological polar surface area (TPSA) is 79.7 Å². The summed E-state index contributed by atoms with van der Waals surface area (Å²) >= 11 is 0. The van der Waals surface area contributed by atoms with Crippen LogP contribution < -0.4 is 11.1 Å². The van der Waals surface area contributed by atoms with Crippen molar-refractivity contribution >= 4 is 5.82 Å². The number of nitrogens with one attached hydrogen (secondary N) is 1. The second-order valence-electron chi connectivity index (χ2n) is 4.74. The summed E-state index contributed by atoms with van der Waals surface area (Å²) in [6.45, 7) is 1.85. The molecule has 0 aliphatic heterocycles. The normalized spacial score (nSPS) is 24.4. The van der Waals surface area contributed by atoms with Crippen LogP contribution in [0.4, 0.5) is 5.82 Å². The third kappa shape index (κ3) is 2.27. The van der Waals surface area contributed by atoms with Gasteiger partial charge in [0.05, 0.1) is 5.69 Å². The first kappa shape index (κ1) is 11.9. The number of hydrogen-bond donors (Lipinski definition) is 2. The van der Waals surface area contributed by atoms with Crippen LogP contribution in [0.2, 0.25) is 0 Å². The Morgan fingerprint density at radius 3 is 2.82 bits per heavy atom. The van der Waals surface area contributed by atoms with Gasteiger partial charge >= 0.3 is 0 Å². The Kier molecular flexibility index (Phi) is 3.34. The highest BCUT2D eigenvalue weighted by Gasteiger charge is 2.24. The fourth-order valence-electron chi connectivity index (χ4n) is 2.47. The molecular weight excluding hydrogens is 214 g/mol. The van der Waals surface area contributed by atoms with Gasteiger partial charge in [-0.3, -0.25) is 4.68 Å².